The van der Waals surface area contributed by atoms with Crippen LogP contribution >= 0.6 is 0 Å². The largest absolute Gasteiger partial charge is 0.280 e. The molecule has 5 heteroatoms. The summed E-state index contributed by atoms with van der Waals surface area (Å²) < 4.78 is 26.8. The molecule has 96 valence electrons. The van der Waals surface area contributed by atoms with Gasteiger partial charge in [-0.2, -0.15) is 5.26 Å². The predicted molar refractivity (Wildman–Crippen MR) is 73.1 cm³/mol. The van der Waals surface area contributed by atoms with Crippen molar-refractivity contribution in [2.75, 3.05) is 4.72 Å². The third-order valence-corrected chi connectivity index (χ3v) is 3.92. The van der Waals surface area contributed by atoms with Crippen LogP contribution in [-0.2, 0) is 10.0 Å². The van der Waals surface area contributed by atoms with Gasteiger partial charge in [0.15, 0.2) is 0 Å². The number of sulfonamides is 1. The summed E-state index contributed by atoms with van der Waals surface area (Å²) in [4.78, 5) is 0.204. The van der Waals surface area contributed by atoms with Gasteiger partial charge < -0.3 is 0 Å². The zero-order valence-corrected chi connectivity index (χ0v) is 11.1. The number of aryl methyl sites for hydroxylation is 1. The standard InChI is InChI=1S/C14H12N2O2S/c1-11-4-2-7-14(8-11)19(17,18)16-13-6-3-5-12(9-13)10-15/h2-9,16H,1H3. The third kappa shape index (κ3) is 3.12. The van der Waals surface area contributed by atoms with Gasteiger partial charge in [0, 0.05) is 0 Å². The number of benzene rings is 2. The second kappa shape index (κ2) is 5.12. The van der Waals surface area contributed by atoms with Gasteiger partial charge in [0.05, 0.1) is 22.2 Å². The fourth-order valence-corrected chi connectivity index (χ4v) is 2.80. The van der Waals surface area contributed by atoms with E-state index in [4.69, 9.17) is 5.26 Å². The van der Waals surface area contributed by atoms with Crippen LogP contribution in [0.5, 0.6) is 0 Å². The molecule has 2 aromatic rings. The average Bonchev–Trinajstić information content (AvgIpc) is 2.38. The summed E-state index contributed by atoms with van der Waals surface area (Å²) in [7, 11) is -3.62. The number of hydrogen-bond acceptors (Lipinski definition) is 3. The van der Waals surface area contributed by atoms with E-state index in [1.165, 1.54) is 12.1 Å². The molecule has 19 heavy (non-hydrogen) atoms. The van der Waals surface area contributed by atoms with E-state index in [0.717, 1.165) is 5.56 Å². The van der Waals surface area contributed by atoms with Crippen LogP contribution in [0.4, 0.5) is 5.69 Å². The summed E-state index contributed by atoms with van der Waals surface area (Å²) in [5, 5.41) is 8.79. The van der Waals surface area contributed by atoms with E-state index in [9.17, 15) is 8.42 Å². The topological polar surface area (TPSA) is 70.0 Å². The fourth-order valence-electron chi connectivity index (χ4n) is 1.65. The molecule has 0 heterocycles. The van der Waals surface area contributed by atoms with E-state index in [2.05, 4.69) is 4.72 Å². The van der Waals surface area contributed by atoms with Gasteiger partial charge in [0.2, 0.25) is 0 Å². The van der Waals surface area contributed by atoms with E-state index in [-0.39, 0.29) is 4.90 Å². The molecule has 4 nitrogen and oxygen atoms in total. The smallest absolute Gasteiger partial charge is 0.261 e. The van der Waals surface area contributed by atoms with Crippen molar-refractivity contribution >= 4 is 15.7 Å². The molecule has 0 atom stereocenters. The summed E-state index contributed by atoms with van der Waals surface area (Å²) in [6.45, 7) is 1.83. The Bertz CT molecular complexity index is 746. The minimum absolute atomic E-state index is 0.204. The molecular formula is C14H12N2O2S. The van der Waals surface area contributed by atoms with Crippen LogP contribution < -0.4 is 4.72 Å². The molecule has 2 rings (SSSR count). The summed E-state index contributed by atoms with van der Waals surface area (Å²) in [5.41, 5.74) is 1.65. The van der Waals surface area contributed by atoms with Crippen LogP contribution in [-0.4, -0.2) is 8.42 Å². The summed E-state index contributed by atoms with van der Waals surface area (Å²) >= 11 is 0. The zero-order chi connectivity index (χ0) is 13.9. The van der Waals surface area contributed by atoms with E-state index >= 15 is 0 Å². The van der Waals surface area contributed by atoms with Crippen LogP contribution in [0.15, 0.2) is 53.4 Å². The number of nitriles is 1. The molecule has 0 unspecified atom stereocenters. The molecule has 0 spiro atoms. The normalized spacial score (nSPS) is 10.7. The zero-order valence-electron chi connectivity index (χ0n) is 10.3. The first-order valence-corrected chi connectivity index (χ1v) is 7.09. The number of anilines is 1. The van der Waals surface area contributed by atoms with Crippen LogP contribution in [0.3, 0.4) is 0 Å². The molecule has 0 aliphatic heterocycles. The van der Waals surface area contributed by atoms with E-state index in [1.54, 1.807) is 30.3 Å². The minimum Gasteiger partial charge on any atom is -0.280 e. The average molecular weight is 272 g/mol. The van der Waals surface area contributed by atoms with Gasteiger partial charge in [0.25, 0.3) is 10.0 Å². The number of rotatable bonds is 3. The lowest BCUT2D eigenvalue weighted by Crippen LogP contribution is -2.13. The second-order valence-corrected chi connectivity index (χ2v) is 5.80. The molecule has 0 aliphatic rings. The quantitative estimate of drug-likeness (QED) is 0.933. The van der Waals surface area contributed by atoms with Gasteiger partial charge in [-0.15, -0.1) is 0 Å². The van der Waals surface area contributed by atoms with Crippen LogP contribution in [0.2, 0.25) is 0 Å². The highest BCUT2D eigenvalue weighted by Crippen LogP contribution is 2.17. The molecule has 1 N–H and O–H groups in total. The van der Waals surface area contributed by atoms with Crippen LogP contribution in [0, 0.1) is 18.3 Å². The molecular weight excluding hydrogens is 260 g/mol. The highest BCUT2D eigenvalue weighted by molar-refractivity contribution is 7.92. The Morgan fingerprint density at radius 2 is 1.84 bits per heavy atom. The minimum atomic E-state index is -3.62. The van der Waals surface area contributed by atoms with Crippen molar-refractivity contribution in [3.63, 3.8) is 0 Å². The first-order valence-electron chi connectivity index (χ1n) is 5.61. The number of hydrogen-bond donors (Lipinski definition) is 1. The number of nitrogens with zero attached hydrogens (tertiary/aromatic N) is 1. The molecule has 0 saturated heterocycles. The molecule has 2 aromatic carbocycles. The van der Waals surface area contributed by atoms with E-state index in [1.807, 2.05) is 19.1 Å². The van der Waals surface area contributed by atoms with Crippen molar-refractivity contribution in [3.05, 3.63) is 59.7 Å². The van der Waals surface area contributed by atoms with E-state index < -0.39 is 10.0 Å². The van der Waals surface area contributed by atoms with Crippen LogP contribution in [0.1, 0.15) is 11.1 Å². The lowest BCUT2D eigenvalue weighted by Gasteiger charge is -2.08. The van der Waals surface area contributed by atoms with Crippen molar-refractivity contribution in [2.24, 2.45) is 0 Å². The first-order chi connectivity index (χ1) is 9.01. The Kier molecular flexibility index (Phi) is 3.54. The molecule has 0 amide bonds. The van der Waals surface area contributed by atoms with Crippen molar-refractivity contribution < 1.29 is 8.42 Å². The maximum atomic E-state index is 12.2. The van der Waals surface area contributed by atoms with Gasteiger partial charge in [-0.3, -0.25) is 4.72 Å². The Hall–Kier alpha value is -2.32. The van der Waals surface area contributed by atoms with Crippen LogP contribution in [0.25, 0.3) is 0 Å². The summed E-state index contributed by atoms with van der Waals surface area (Å²) in [5.74, 6) is 0. The Balaban J connectivity index is 2.34. The maximum absolute atomic E-state index is 12.2. The molecule has 0 fully saturated rings. The lowest BCUT2D eigenvalue weighted by molar-refractivity contribution is 0.601. The Labute approximate surface area is 112 Å². The van der Waals surface area contributed by atoms with Gasteiger partial charge >= 0.3 is 0 Å². The summed E-state index contributed by atoms with van der Waals surface area (Å²) in [6.07, 6.45) is 0. The van der Waals surface area contributed by atoms with Crippen molar-refractivity contribution in [2.45, 2.75) is 11.8 Å². The summed E-state index contributed by atoms with van der Waals surface area (Å²) in [6, 6.07) is 15.0. The van der Waals surface area contributed by atoms with Gasteiger partial charge in [-0.05, 0) is 42.8 Å². The third-order valence-electron chi connectivity index (χ3n) is 2.54. The Morgan fingerprint density at radius 1 is 1.11 bits per heavy atom. The van der Waals surface area contributed by atoms with Gasteiger partial charge in [-0.1, -0.05) is 18.2 Å². The lowest BCUT2D eigenvalue weighted by atomic mass is 10.2. The van der Waals surface area contributed by atoms with Crippen molar-refractivity contribution in [3.8, 4) is 6.07 Å². The molecule has 0 aromatic heterocycles. The molecule has 0 saturated carbocycles. The van der Waals surface area contributed by atoms with Gasteiger partial charge in [0.1, 0.15) is 0 Å². The Morgan fingerprint density at radius 3 is 2.53 bits per heavy atom. The molecule has 0 bridgehead atoms. The highest BCUT2D eigenvalue weighted by atomic mass is 32.2. The fraction of sp³-hybridized carbons (Fsp3) is 0.0714. The van der Waals surface area contributed by atoms with E-state index in [0.29, 0.717) is 11.3 Å². The SMILES string of the molecule is Cc1cccc(S(=O)(=O)Nc2cccc(C#N)c2)c1. The second-order valence-electron chi connectivity index (χ2n) is 4.11. The van der Waals surface area contributed by atoms with Gasteiger partial charge in [-0.25, -0.2) is 8.42 Å². The highest BCUT2D eigenvalue weighted by Gasteiger charge is 2.14. The monoisotopic (exact) mass is 272 g/mol. The maximum Gasteiger partial charge on any atom is 0.261 e. The molecule has 0 radical (unpaired) electrons. The number of nitrogens with one attached hydrogen (secondary N) is 1. The predicted octanol–water partition coefficient (Wildman–Crippen LogP) is 2.67. The first kappa shape index (κ1) is 13.1. The molecule has 0 aliphatic carbocycles. The van der Waals surface area contributed by atoms with Crippen molar-refractivity contribution in [1.29, 1.82) is 5.26 Å². The van der Waals surface area contributed by atoms with Crippen molar-refractivity contribution in [1.82, 2.24) is 0 Å².